The number of hydrogen-bond donors (Lipinski definition) is 1. The first kappa shape index (κ1) is 12.6. The summed E-state index contributed by atoms with van der Waals surface area (Å²) < 4.78 is 9.07. The summed E-state index contributed by atoms with van der Waals surface area (Å²) in [5.41, 5.74) is 0. The monoisotopic (exact) mass is 204 g/mol. The average Bonchev–Trinajstić information content (AvgIpc) is 2.10. The standard InChI is InChI=1S/C8H12O6/c1-5(11)13-7(3-9)8(4-10)14-6(2)12/h3,7-8,10H,4H2,1-2H3/t7-,8-/m0/s1. The summed E-state index contributed by atoms with van der Waals surface area (Å²) in [4.78, 5) is 31.5. The maximum Gasteiger partial charge on any atom is 0.303 e. The maximum absolute atomic E-state index is 10.5. The maximum atomic E-state index is 10.5. The number of aliphatic hydroxyl groups excluding tert-OH is 1. The van der Waals surface area contributed by atoms with Crippen LogP contribution < -0.4 is 0 Å². The zero-order chi connectivity index (χ0) is 11.1. The van der Waals surface area contributed by atoms with Crippen molar-refractivity contribution in [3.05, 3.63) is 0 Å². The van der Waals surface area contributed by atoms with Crippen LogP contribution in [-0.4, -0.2) is 42.1 Å². The number of hydrogen-bond acceptors (Lipinski definition) is 6. The smallest absolute Gasteiger partial charge is 0.303 e. The van der Waals surface area contributed by atoms with E-state index >= 15 is 0 Å². The van der Waals surface area contributed by atoms with Gasteiger partial charge in [0.15, 0.2) is 18.5 Å². The Morgan fingerprint density at radius 1 is 1.29 bits per heavy atom. The number of ether oxygens (including phenoxy) is 2. The highest BCUT2D eigenvalue weighted by Crippen LogP contribution is 2.02. The molecule has 2 atom stereocenters. The first-order valence-electron chi connectivity index (χ1n) is 3.91. The quantitative estimate of drug-likeness (QED) is 0.458. The Morgan fingerprint density at radius 3 is 2.07 bits per heavy atom. The van der Waals surface area contributed by atoms with Gasteiger partial charge in [-0.15, -0.1) is 0 Å². The van der Waals surface area contributed by atoms with E-state index in [1.807, 2.05) is 0 Å². The largest absolute Gasteiger partial charge is 0.456 e. The van der Waals surface area contributed by atoms with Crippen LogP contribution >= 0.6 is 0 Å². The minimum Gasteiger partial charge on any atom is -0.456 e. The van der Waals surface area contributed by atoms with Crippen molar-refractivity contribution in [3.8, 4) is 0 Å². The van der Waals surface area contributed by atoms with Gasteiger partial charge in [0.05, 0.1) is 6.61 Å². The molecule has 0 rings (SSSR count). The van der Waals surface area contributed by atoms with Crippen LogP contribution in [0.1, 0.15) is 13.8 Å². The third kappa shape index (κ3) is 4.56. The molecule has 0 aliphatic rings. The summed E-state index contributed by atoms with van der Waals surface area (Å²) in [6, 6.07) is 0. The van der Waals surface area contributed by atoms with Crippen LogP contribution in [0, 0.1) is 0 Å². The van der Waals surface area contributed by atoms with Crippen LogP contribution in [0.15, 0.2) is 0 Å². The molecule has 0 fully saturated rings. The fraction of sp³-hybridized carbons (Fsp3) is 0.625. The molecular formula is C8H12O6. The number of carbonyl (C=O) groups excluding carboxylic acids is 3. The number of aldehydes is 1. The van der Waals surface area contributed by atoms with Crippen molar-refractivity contribution in [2.75, 3.05) is 6.61 Å². The summed E-state index contributed by atoms with van der Waals surface area (Å²) in [5, 5.41) is 8.76. The van der Waals surface area contributed by atoms with E-state index in [9.17, 15) is 14.4 Å². The molecule has 6 nitrogen and oxygen atoms in total. The minimum absolute atomic E-state index is 0.297. The van der Waals surface area contributed by atoms with Gasteiger partial charge in [-0.1, -0.05) is 0 Å². The van der Waals surface area contributed by atoms with Crippen LogP contribution in [0.2, 0.25) is 0 Å². The van der Waals surface area contributed by atoms with Gasteiger partial charge < -0.3 is 14.6 Å². The molecule has 14 heavy (non-hydrogen) atoms. The predicted molar refractivity (Wildman–Crippen MR) is 44.3 cm³/mol. The van der Waals surface area contributed by atoms with Gasteiger partial charge >= 0.3 is 11.9 Å². The van der Waals surface area contributed by atoms with Crippen molar-refractivity contribution >= 4 is 18.2 Å². The Kier molecular flexibility index (Phi) is 5.47. The Hall–Kier alpha value is -1.43. The highest BCUT2D eigenvalue weighted by atomic mass is 16.6. The zero-order valence-corrected chi connectivity index (χ0v) is 7.93. The van der Waals surface area contributed by atoms with Gasteiger partial charge in [0, 0.05) is 13.8 Å². The van der Waals surface area contributed by atoms with Gasteiger partial charge in [0.25, 0.3) is 0 Å². The topological polar surface area (TPSA) is 89.9 Å². The highest BCUT2D eigenvalue weighted by molar-refractivity contribution is 5.71. The number of esters is 2. The lowest BCUT2D eigenvalue weighted by atomic mass is 10.2. The number of carbonyl (C=O) groups is 3. The van der Waals surface area contributed by atoms with Crippen LogP contribution in [-0.2, 0) is 23.9 Å². The Balaban J connectivity index is 4.35. The van der Waals surface area contributed by atoms with Crippen LogP contribution in [0.3, 0.4) is 0 Å². The number of aliphatic hydroxyl groups is 1. The Labute approximate surface area is 80.8 Å². The highest BCUT2D eigenvalue weighted by Gasteiger charge is 2.25. The molecule has 0 aromatic carbocycles. The van der Waals surface area contributed by atoms with Gasteiger partial charge in [-0.2, -0.15) is 0 Å². The second kappa shape index (κ2) is 6.09. The number of rotatable bonds is 5. The van der Waals surface area contributed by atoms with Gasteiger partial charge in [-0.3, -0.25) is 14.4 Å². The van der Waals surface area contributed by atoms with Gasteiger partial charge in [-0.05, 0) is 0 Å². The molecule has 0 spiro atoms. The van der Waals surface area contributed by atoms with E-state index in [1.165, 1.54) is 0 Å². The van der Waals surface area contributed by atoms with E-state index in [0.717, 1.165) is 13.8 Å². The summed E-state index contributed by atoms with van der Waals surface area (Å²) in [6.45, 7) is 1.65. The molecule has 0 aliphatic carbocycles. The van der Waals surface area contributed by atoms with E-state index in [0.29, 0.717) is 6.29 Å². The summed E-state index contributed by atoms with van der Waals surface area (Å²) in [7, 11) is 0. The molecule has 0 aliphatic heterocycles. The molecule has 0 aromatic rings. The van der Waals surface area contributed by atoms with E-state index in [-0.39, 0.29) is 0 Å². The van der Waals surface area contributed by atoms with Crippen molar-refractivity contribution in [3.63, 3.8) is 0 Å². The molecule has 0 unspecified atom stereocenters. The summed E-state index contributed by atoms with van der Waals surface area (Å²) in [5.74, 6) is -1.35. The molecule has 6 heteroatoms. The predicted octanol–water partition coefficient (Wildman–Crippen LogP) is -0.959. The first-order valence-corrected chi connectivity index (χ1v) is 3.91. The second-order valence-corrected chi connectivity index (χ2v) is 2.54. The molecule has 1 N–H and O–H groups in total. The van der Waals surface area contributed by atoms with Crippen molar-refractivity contribution in [1.82, 2.24) is 0 Å². The third-order valence-corrected chi connectivity index (χ3v) is 1.30. The fourth-order valence-electron chi connectivity index (χ4n) is 0.804. The van der Waals surface area contributed by atoms with Crippen LogP contribution in [0.4, 0.5) is 0 Å². The normalized spacial score (nSPS) is 13.9. The van der Waals surface area contributed by atoms with E-state index in [1.54, 1.807) is 0 Å². The Bertz CT molecular complexity index is 224. The molecule has 0 radical (unpaired) electrons. The minimum atomic E-state index is -1.26. The Morgan fingerprint density at radius 2 is 1.79 bits per heavy atom. The van der Waals surface area contributed by atoms with Gasteiger partial charge in [-0.25, -0.2) is 0 Å². The van der Waals surface area contributed by atoms with Crippen LogP contribution in [0.25, 0.3) is 0 Å². The first-order chi connectivity index (χ1) is 6.51. The van der Waals surface area contributed by atoms with E-state index in [2.05, 4.69) is 9.47 Å². The van der Waals surface area contributed by atoms with E-state index in [4.69, 9.17) is 5.11 Å². The summed E-state index contributed by atoms with van der Waals surface area (Å²) in [6.07, 6.45) is -2.11. The molecular weight excluding hydrogens is 192 g/mol. The lowest BCUT2D eigenvalue weighted by molar-refractivity contribution is -0.169. The van der Waals surface area contributed by atoms with Crippen molar-refractivity contribution in [1.29, 1.82) is 0 Å². The molecule has 80 valence electrons. The molecule has 0 amide bonds. The average molecular weight is 204 g/mol. The lowest BCUT2D eigenvalue weighted by Crippen LogP contribution is -2.38. The van der Waals surface area contributed by atoms with Crippen molar-refractivity contribution in [2.45, 2.75) is 26.1 Å². The van der Waals surface area contributed by atoms with Crippen LogP contribution in [0.5, 0.6) is 0 Å². The van der Waals surface area contributed by atoms with Crippen molar-refractivity contribution < 1.29 is 29.0 Å². The molecule has 0 aromatic heterocycles. The third-order valence-electron chi connectivity index (χ3n) is 1.30. The zero-order valence-electron chi connectivity index (χ0n) is 7.93. The van der Waals surface area contributed by atoms with E-state index < -0.39 is 30.8 Å². The van der Waals surface area contributed by atoms with Gasteiger partial charge in [0.1, 0.15) is 0 Å². The van der Waals surface area contributed by atoms with Crippen molar-refractivity contribution in [2.24, 2.45) is 0 Å². The second-order valence-electron chi connectivity index (χ2n) is 2.54. The molecule has 0 heterocycles. The summed E-state index contributed by atoms with van der Waals surface area (Å²) >= 11 is 0. The SMILES string of the molecule is CC(=O)O[C@@H](C=O)[C@H](CO)OC(C)=O. The molecule has 0 saturated carbocycles. The lowest BCUT2D eigenvalue weighted by Gasteiger charge is -2.19. The molecule has 0 saturated heterocycles. The fourth-order valence-corrected chi connectivity index (χ4v) is 0.804. The molecule has 0 bridgehead atoms. The van der Waals surface area contributed by atoms with Gasteiger partial charge in [0.2, 0.25) is 0 Å².